The molecule has 1 aliphatic rings. The second-order valence-electron chi connectivity index (χ2n) is 6.92. The lowest BCUT2D eigenvalue weighted by Gasteiger charge is -2.37. The molecule has 1 unspecified atom stereocenters. The molecule has 0 radical (unpaired) electrons. The van der Waals surface area contributed by atoms with Crippen LogP contribution in [0.25, 0.3) is 0 Å². The summed E-state index contributed by atoms with van der Waals surface area (Å²) in [7, 11) is 0. The van der Waals surface area contributed by atoms with Crippen LogP contribution in [0.4, 0.5) is 4.79 Å². The maximum Gasteiger partial charge on any atom is 0.407 e. The summed E-state index contributed by atoms with van der Waals surface area (Å²) in [6.07, 6.45) is 3.40. The van der Waals surface area contributed by atoms with E-state index >= 15 is 0 Å². The normalized spacial score (nSPS) is 21.5. The van der Waals surface area contributed by atoms with Gasteiger partial charge in [-0.15, -0.1) is 0 Å². The number of rotatable bonds is 4. The van der Waals surface area contributed by atoms with Crippen LogP contribution in [0.1, 0.15) is 53.9 Å². The van der Waals surface area contributed by atoms with E-state index in [1.165, 1.54) is 19.3 Å². The van der Waals surface area contributed by atoms with Crippen molar-refractivity contribution >= 4 is 6.09 Å². The van der Waals surface area contributed by atoms with Crippen LogP contribution in [0.5, 0.6) is 0 Å². The lowest BCUT2D eigenvalue weighted by Crippen LogP contribution is -2.48. The van der Waals surface area contributed by atoms with Crippen molar-refractivity contribution in [1.29, 1.82) is 0 Å². The van der Waals surface area contributed by atoms with Gasteiger partial charge in [0.25, 0.3) is 0 Å². The second kappa shape index (κ2) is 7.13. The topological polar surface area (TPSA) is 41.6 Å². The molecule has 0 aromatic rings. The van der Waals surface area contributed by atoms with Gasteiger partial charge in [0.05, 0.1) is 0 Å². The molecule has 19 heavy (non-hydrogen) atoms. The highest BCUT2D eigenvalue weighted by molar-refractivity contribution is 5.67. The lowest BCUT2D eigenvalue weighted by molar-refractivity contribution is 0.0490. The monoisotopic (exact) mass is 270 g/mol. The summed E-state index contributed by atoms with van der Waals surface area (Å²) in [5.41, 5.74) is -0.422. The van der Waals surface area contributed by atoms with Gasteiger partial charge in [0.2, 0.25) is 0 Å². The Kier molecular flexibility index (Phi) is 6.11. The number of hydrogen-bond donors (Lipinski definition) is 1. The summed E-state index contributed by atoms with van der Waals surface area (Å²) in [6.45, 7) is 13.1. The quantitative estimate of drug-likeness (QED) is 0.854. The van der Waals surface area contributed by atoms with Gasteiger partial charge >= 0.3 is 6.09 Å². The molecule has 1 fully saturated rings. The fraction of sp³-hybridized carbons (Fsp3) is 0.933. The number of amides is 1. The van der Waals surface area contributed by atoms with Gasteiger partial charge in [0, 0.05) is 19.1 Å². The van der Waals surface area contributed by atoms with Gasteiger partial charge in [-0.25, -0.2) is 4.79 Å². The van der Waals surface area contributed by atoms with Crippen LogP contribution in [0.3, 0.4) is 0 Å². The highest BCUT2D eigenvalue weighted by Crippen LogP contribution is 2.18. The van der Waals surface area contributed by atoms with Crippen molar-refractivity contribution in [1.82, 2.24) is 10.2 Å². The Morgan fingerprint density at radius 3 is 2.63 bits per heavy atom. The highest BCUT2D eigenvalue weighted by Gasteiger charge is 2.24. The number of alkyl carbamates (subject to hydrolysis) is 1. The van der Waals surface area contributed by atoms with Gasteiger partial charge in [0.1, 0.15) is 5.60 Å². The first-order valence-electron chi connectivity index (χ1n) is 7.49. The molecule has 1 heterocycles. The number of likely N-dealkylation sites (tertiary alicyclic amines) is 1. The number of hydrogen-bond acceptors (Lipinski definition) is 3. The van der Waals surface area contributed by atoms with Gasteiger partial charge in [-0.1, -0.05) is 20.3 Å². The maximum absolute atomic E-state index is 11.7. The molecular formula is C15H30N2O2. The van der Waals surface area contributed by atoms with Crippen molar-refractivity contribution in [2.24, 2.45) is 5.92 Å². The molecule has 1 rings (SSSR count). The minimum absolute atomic E-state index is 0.303. The second-order valence-corrected chi connectivity index (χ2v) is 6.92. The zero-order chi connectivity index (χ0) is 14.5. The summed E-state index contributed by atoms with van der Waals surface area (Å²) >= 11 is 0. The molecular weight excluding hydrogens is 240 g/mol. The SMILES string of the molecule is CC(C)CN1CCCCC1CNC(=O)OC(C)(C)C. The van der Waals surface area contributed by atoms with Crippen LogP contribution in [0.15, 0.2) is 0 Å². The minimum atomic E-state index is -0.422. The minimum Gasteiger partial charge on any atom is -0.444 e. The Morgan fingerprint density at radius 1 is 1.37 bits per heavy atom. The van der Waals surface area contributed by atoms with E-state index in [1.54, 1.807) is 0 Å². The Labute approximate surface area is 117 Å². The molecule has 0 spiro atoms. The summed E-state index contributed by atoms with van der Waals surface area (Å²) in [6, 6.07) is 0.462. The third kappa shape index (κ3) is 6.81. The fourth-order valence-corrected chi connectivity index (χ4v) is 2.52. The first kappa shape index (κ1) is 16.3. The largest absolute Gasteiger partial charge is 0.444 e. The number of ether oxygens (including phenoxy) is 1. The molecule has 0 bridgehead atoms. The third-order valence-electron chi connectivity index (χ3n) is 3.23. The van der Waals surface area contributed by atoms with E-state index in [2.05, 4.69) is 24.1 Å². The summed E-state index contributed by atoms with van der Waals surface area (Å²) in [4.78, 5) is 14.2. The maximum atomic E-state index is 11.7. The van der Waals surface area contributed by atoms with Crippen molar-refractivity contribution in [2.45, 2.75) is 65.5 Å². The molecule has 1 amide bonds. The van der Waals surface area contributed by atoms with E-state index in [0.29, 0.717) is 18.5 Å². The molecule has 1 N–H and O–H groups in total. The van der Waals surface area contributed by atoms with Gasteiger partial charge in [-0.05, 0) is 46.1 Å². The molecule has 112 valence electrons. The predicted molar refractivity (Wildman–Crippen MR) is 78.3 cm³/mol. The van der Waals surface area contributed by atoms with Gasteiger partial charge in [-0.3, -0.25) is 4.90 Å². The van der Waals surface area contributed by atoms with Crippen molar-refractivity contribution in [2.75, 3.05) is 19.6 Å². The molecule has 1 aliphatic heterocycles. The predicted octanol–water partition coefficient (Wildman–Crippen LogP) is 3.02. The van der Waals surface area contributed by atoms with E-state index in [-0.39, 0.29) is 6.09 Å². The van der Waals surface area contributed by atoms with E-state index < -0.39 is 5.60 Å². The van der Waals surface area contributed by atoms with E-state index in [1.807, 2.05) is 20.8 Å². The number of carbonyl (C=O) groups excluding carboxylic acids is 1. The first-order valence-corrected chi connectivity index (χ1v) is 7.49. The van der Waals surface area contributed by atoms with Crippen molar-refractivity contribution in [3.63, 3.8) is 0 Å². The van der Waals surface area contributed by atoms with Crippen LogP contribution in [0.2, 0.25) is 0 Å². The Balaban J connectivity index is 2.38. The number of nitrogens with one attached hydrogen (secondary N) is 1. The molecule has 4 nitrogen and oxygen atoms in total. The number of nitrogens with zero attached hydrogens (tertiary/aromatic N) is 1. The number of piperidine rings is 1. The van der Waals surface area contributed by atoms with Crippen molar-refractivity contribution in [3.8, 4) is 0 Å². The van der Waals surface area contributed by atoms with Crippen LogP contribution < -0.4 is 5.32 Å². The van der Waals surface area contributed by atoms with Crippen molar-refractivity contribution in [3.05, 3.63) is 0 Å². The van der Waals surface area contributed by atoms with Gasteiger partial charge < -0.3 is 10.1 Å². The van der Waals surface area contributed by atoms with Crippen LogP contribution in [-0.4, -0.2) is 42.3 Å². The lowest BCUT2D eigenvalue weighted by atomic mass is 10.0. The Morgan fingerprint density at radius 2 is 2.05 bits per heavy atom. The molecule has 4 heteroatoms. The van der Waals surface area contributed by atoms with Crippen LogP contribution in [0, 0.1) is 5.92 Å². The molecule has 1 atom stereocenters. The summed E-state index contributed by atoms with van der Waals surface area (Å²) in [5, 5.41) is 2.91. The average Bonchev–Trinajstić information content (AvgIpc) is 2.24. The third-order valence-corrected chi connectivity index (χ3v) is 3.23. The fourth-order valence-electron chi connectivity index (χ4n) is 2.52. The van der Waals surface area contributed by atoms with Crippen molar-refractivity contribution < 1.29 is 9.53 Å². The molecule has 0 saturated carbocycles. The molecule has 0 aliphatic carbocycles. The smallest absolute Gasteiger partial charge is 0.407 e. The summed E-state index contributed by atoms with van der Waals surface area (Å²) in [5.74, 6) is 0.669. The summed E-state index contributed by atoms with van der Waals surface area (Å²) < 4.78 is 5.28. The number of carbonyl (C=O) groups is 1. The molecule has 0 aromatic carbocycles. The zero-order valence-corrected chi connectivity index (χ0v) is 13.2. The first-order chi connectivity index (χ1) is 8.78. The van der Waals surface area contributed by atoms with E-state index in [4.69, 9.17) is 4.74 Å². The van der Waals surface area contributed by atoms with Crippen LogP contribution >= 0.6 is 0 Å². The Hall–Kier alpha value is -0.770. The molecule has 0 aromatic heterocycles. The highest BCUT2D eigenvalue weighted by atomic mass is 16.6. The van der Waals surface area contributed by atoms with Gasteiger partial charge in [0.15, 0.2) is 0 Å². The van der Waals surface area contributed by atoms with E-state index in [0.717, 1.165) is 13.1 Å². The standard InChI is InChI=1S/C15H30N2O2/c1-12(2)11-17-9-7-6-8-13(17)10-16-14(18)19-15(3,4)5/h12-13H,6-11H2,1-5H3,(H,16,18). The average molecular weight is 270 g/mol. The molecule has 1 saturated heterocycles. The Bertz CT molecular complexity index is 284. The van der Waals surface area contributed by atoms with E-state index in [9.17, 15) is 4.79 Å². The zero-order valence-electron chi connectivity index (χ0n) is 13.2. The van der Waals surface area contributed by atoms with Gasteiger partial charge in [-0.2, -0.15) is 0 Å². The van der Waals surface area contributed by atoms with Crippen LogP contribution in [-0.2, 0) is 4.74 Å².